The Labute approximate surface area is 74.1 Å². The number of hydrogen-bond acceptors (Lipinski definition) is 3. The minimum atomic E-state index is 0.234. The normalized spacial score (nSPS) is 9.38. The average Bonchev–Trinajstić information content (AvgIpc) is 2.59. The van der Waals surface area contributed by atoms with Gasteiger partial charge in [0.25, 0.3) is 0 Å². The zero-order valence-corrected chi connectivity index (χ0v) is 6.57. The number of aromatic amines is 1. The quantitative estimate of drug-likeness (QED) is 0.644. The fourth-order valence-corrected chi connectivity index (χ4v) is 1.18. The standard InChI is InChI=1S/C9H4N4/c10-4-6-2-1-3-7-9(6)13-8(5-11)12-7/h1-3H,(H,12,13). The van der Waals surface area contributed by atoms with E-state index in [1.807, 2.05) is 12.1 Å². The minimum Gasteiger partial charge on any atom is -0.329 e. The molecule has 0 amide bonds. The highest BCUT2D eigenvalue weighted by Crippen LogP contribution is 2.14. The number of H-pyrrole nitrogens is 1. The Kier molecular flexibility index (Phi) is 1.47. The molecule has 1 heterocycles. The summed E-state index contributed by atoms with van der Waals surface area (Å²) in [6.07, 6.45) is 0. The highest BCUT2D eigenvalue weighted by Gasteiger charge is 2.05. The van der Waals surface area contributed by atoms with Crippen LogP contribution in [0, 0.1) is 22.7 Å². The third-order valence-corrected chi connectivity index (χ3v) is 1.74. The number of para-hydroxylation sites is 1. The summed E-state index contributed by atoms with van der Waals surface area (Å²) in [5.74, 6) is 0.234. The summed E-state index contributed by atoms with van der Waals surface area (Å²) in [7, 11) is 0. The first kappa shape index (κ1) is 7.33. The van der Waals surface area contributed by atoms with E-state index < -0.39 is 0 Å². The summed E-state index contributed by atoms with van der Waals surface area (Å²) in [4.78, 5) is 6.76. The first-order chi connectivity index (χ1) is 6.35. The van der Waals surface area contributed by atoms with Crippen LogP contribution in [-0.4, -0.2) is 9.97 Å². The molecule has 2 rings (SSSR count). The van der Waals surface area contributed by atoms with Gasteiger partial charge >= 0.3 is 0 Å². The molecular formula is C9H4N4. The van der Waals surface area contributed by atoms with Crippen LogP contribution in [0.5, 0.6) is 0 Å². The van der Waals surface area contributed by atoms with Gasteiger partial charge in [0.05, 0.1) is 11.1 Å². The molecule has 0 radical (unpaired) electrons. The second-order valence-electron chi connectivity index (χ2n) is 2.51. The third kappa shape index (κ3) is 1.02. The van der Waals surface area contributed by atoms with Crippen molar-refractivity contribution in [2.75, 3.05) is 0 Å². The molecule has 0 fully saturated rings. The number of fused-ring (bicyclic) bond motifs is 1. The molecule has 13 heavy (non-hydrogen) atoms. The summed E-state index contributed by atoms with van der Waals surface area (Å²) < 4.78 is 0. The zero-order chi connectivity index (χ0) is 9.26. The third-order valence-electron chi connectivity index (χ3n) is 1.74. The fourth-order valence-electron chi connectivity index (χ4n) is 1.18. The lowest BCUT2D eigenvalue weighted by Gasteiger charge is -1.87. The summed E-state index contributed by atoms with van der Waals surface area (Å²) in [5.41, 5.74) is 1.76. The van der Waals surface area contributed by atoms with E-state index in [4.69, 9.17) is 10.5 Å². The van der Waals surface area contributed by atoms with Crippen molar-refractivity contribution in [2.45, 2.75) is 0 Å². The van der Waals surface area contributed by atoms with E-state index in [0.717, 1.165) is 5.52 Å². The molecule has 4 heteroatoms. The van der Waals surface area contributed by atoms with Gasteiger partial charge in [0.1, 0.15) is 17.7 Å². The molecule has 0 saturated carbocycles. The van der Waals surface area contributed by atoms with E-state index in [1.54, 1.807) is 18.2 Å². The number of rotatable bonds is 0. The van der Waals surface area contributed by atoms with Crippen LogP contribution < -0.4 is 0 Å². The highest BCUT2D eigenvalue weighted by molar-refractivity contribution is 5.81. The Morgan fingerprint density at radius 3 is 2.77 bits per heavy atom. The molecule has 0 unspecified atom stereocenters. The van der Waals surface area contributed by atoms with Gasteiger partial charge in [-0.15, -0.1) is 0 Å². The lowest BCUT2D eigenvalue weighted by atomic mass is 10.2. The van der Waals surface area contributed by atoms with Gasteiger partial charge in [-0.3, -0.25) is 0 Å². The van der Waals surface area contributed by atoms with E-state index in [1.165, 1.54) is 0 Å². The molecule has 0 atom stereocenters. The van der Waals surface area contributed by atoms with Gasteiger partial charge in [-0.25, -0.2) is 4.98 Å². The predicted octanol–water partition coefficient (Wildman–Crippen LogP) is 1.31. The van der Waals surface area contributed by atoms with E-state index in [2.05, 4.69) is 9.97 Å². The van der Waals surface area contributed by atoms with Crippen LogP contribution in [0.4, 0.5) is 0 Å². The fraction of sp³-hybridized carbons (Fsp3) is 0. The molecule has 60 valence electrons. The molecule has 1 N–H and O–H groups in total. The molecule has 1 aromatic carbocycles. The number of nitrogens with zero attached hydrogens (tertiary/aromatic N) is 3. The SMILES string of the molecule is N#Cc1nc2c(C#N)cccc2[nH]1. The number of benzene rings is 1. The maximum absolute atomic E-state index is 8.73. The lowest BCUT2D eigenvalue weighted by Crippen LogP contribution is -1.76. The highest BCUT2D eigenvalue weighted by atomic mass is 14.9. The molecular weight excluding hydrogens is 164 g/mol. The van der Waals surface area contributed by atoms with Gasteiger partial charge < -0.3 is 4.98 Å². The average molecular weight is 168 g/mol. The van der Waals surface area contributed by atoms with Crippen LogP contribution in [0.15, 0.2) is 18.2 Å². The second-order valence-corrected chi connectivity index (χ2v) is 2.51. The summed E-state index contributed by atoms with van der Waals surface area (Å²) >= 11 is 0. The number of imidazole rings is 1. The first-order valence-corrected chi connectivity index (χ1v) is 3.64. The molecule has 0 aliphatic carbocycles. The molecule has 2 aromatic rings. The predicted molar refractivity (Wildman–Crippen MR) is 45.5 cm³/mol. The van der Waals surface area contributed by atoms with E-state index in [9.17, 15) is 0 Å². The van der Waals surface area contributed by atoms with Crippen molar-refractivity contribution in [3.05, 3.63) is 29.6 Å². The number of nitrogens with one attached hydrogen (secondary N) is 1. The lowest BCUT2D eigenvalue weighted by molar-refractivity contribution is 1.25. The van der Waals surface area contributed by atoms with Crippen LogP contribution in [0.25, 0.3) is 11.0 Å². The van der Waals surface area contributed by atoms with Crippen molar-refractivity contribution >= 4 is 11.0 Å². The summed E-state index contributed by atoms with van der Waals surface area (Å²) in [6, 6.07) is 9.11. The van der Waals surface area contributed by atoms with Crippen LogP contribution in [0.3, 0.4) is 0 Å². The number of hydrogen-bond donors (Lipinski definition) is 1. The Balaban J connectivity index is 2.86. The van der Waals surface area contributed by atoms with Crippen LogP contribution in [-0.2, 0) is 0 Å². The van der Waals surface area contributed by atoms with Crippen molar-refractivity contribution in [3.8, 4) is 12.1 Å². The molecule has 0 spiro atoms. The number of nitriles is 2. The van der Waals surface area contributed by atoms with Crippen molar-refractivity contribution in [2.24, 2.45) is 0 Å². The number of aromatic nitrogens is 2. The Bertz CT molecular complexity index is 539. The van der Waals surface area contributed by atoms with Crippen LogP contribution >= 0.6 is 0 Å². The maximum Gasteiger partial charge on any atom is 0.211 e. The van der Waals surface area contributed by atoms with Gasteiger partial charge in [0, 0.05) is 0 Å². The van der Waals surface area contributed by atoms with Gasteiger partial charge in [-0.1, -0.05) is 6.07 Å². The van der Waals surface area contributed by atoms with Crippen molar-refractivity contribution in [1.29, 1.82) is 10.5 Å². The van der Waals surface area contributed by atoms with E-state index in [0.29, 0.717) is 11.1 Å². The van der Waals surface area contributed by atoms with Crippen molar-refractivity contribution in [3.63, 3.8) is 0 Å². The van der Waals surface area contributed by atoms with Gasteiger partial charge in [-0.05, 0) is 12.1 Å². The molecule has 0 saturated heterocycles. The van der Waals surface area contributed by atoms with E-state index >= 15 is 0 Å². The van der Waals surface area contributed by atoms with Crippen molar-refractivity contribution < 1.29 is 0 Å². The maximum atomic E-state index is 8.73. The minimum absolute atomic E-state index is 0.234. The monoisotopic (exact) mass is 168 g/mol. The molecule has 1 aromatic heterocycles. The molecule has 0 aliphatic heterocycles. The summed E-state index contributed by atoms with van der Waals surface area (Å²) in [5, 5.41) is 17.3. The largest absolute Gasteiger partial charge is 0.329 e. The smallest absolute Gasteiger partial charge is 0.211 e. The topological polar surface area (TPSA) is 76.3 Å². The second kappa shape index (κ2) is 2.62. The van der Waals surface area contributed by atoms with Gasteiger partial charge in [-0.2, -0.15) is 10.5 Å². The first-order valence-electron chi connectivity index (χ1n) is 3.64. The molecule has 0 bridgehead atoms. The van der Waals surface area contributed by atoms with E-state index in [-0.39, 0.29) is 5.82 Å². The molecule has 0 aliphatic rings. The Morgan fingerprint density at radius 1 is 1.23 bits per heavy atom. The van der Waals surface area contributed by atoms with Crippen molar-refractivity contribution in [1.82, 2.24) is 9.97 Å². The van der Waals surface area contributed by atoms with Crippen LogP contribution in [0.2, 0.25) is 0 Å². The molecule has 4 nitrogen and oxygen atoms in total. The van der Waals surface area contributed by atoms with Gasteiger partial charge in [0.15, 0.2) is 0 Å². The van der Waals surface area contributed by atoms with Crippen LogP contribution in [0.1, 0.15) is 11.4 Å². The Hall–Kier alpha value is -2.33. The summed E-state index contributed by atoms with van der Waals surface area (Å²) in [6.45, 7) is 0. The van der Waals surface area contributed by atoms with Gasteiger partial charge in [0.2, 0.25) is 5.82 Å². The Morgan fingerprint density at radius 2 is 2.08 bits per heavy atom. The zero-order valence-electron chi connectivity index (χ0n) is 6.57.